The summed E-state index contributed by atoms with van der Waals surface area (Å²) in [5.74, 6) is 3.00. The number of rotatable bonds is 5. The molecule has 2 aliphatic rings. The standard InChI is InChI=1S/C18H26BrN/c1-12(9-14-4-7-17(19)8-5-14)20-13(2)18-11-15-3-6-16(18)10-15/h4-5,7-8,12-13,15-16,18,20H,3,6,9-11H2,1-2H3. The summed E-state index contributed by atoms with van der Waals surface area (Å²) in [6, 6.07) is 9.97. The van der Waals surface area contributed by atoms with Crippen LogP contribution in [0.5, 0.6) is 0 Å². The Kier molecular flexibility index (Phi) is 4.52. The van der Waals surface area contributed by atoms with Crippen molar-refractivity contribution in [1.82, 2.24) is 5.32 Å². The van der Waals surface area contributed by atoms with Crippen LogP contribution in [0.3, 0.4) is 0 Å². The molecule has 2 aliphatic carbocycles. The van der Waals surface area contributed by atoms with E-state index in [9.17, 15) is 0 Å². The molecule has 2 fully saturated rings. The average Bonchev–Trinajstić information content (AvgIpc) is 3.03. The second kappa shape index (κ2) is 6.19. The molecule has 0 amide bonds. The SMILES string of the molecule is CC(Cc1ccc(Br)cc1)NC(C)C1CC2CCC1C2. The van der Waals surface area contributed by atoms with Gasteiger partial charge in [0.15, 0.2) is 0 Å². The van der Waals surface area contributed by atoms with Crippen LogP contribution >= 0.6 is 15.9 Å². The Hall–Kier alpha value is -0.340. The minimum Gasteiger partial charge on any atom is -0.311 e. The number of nitrogens with one attached hydrogen (secondary N) is 1. The first-order chi connectivity index (χ1) is 9.61. The van der Waals surface area contributed by atoms with Gasteiger partial charge < -0.3 is 5.32 Å². The highest BCUT2D eigenvalue weighted by atomic mass is 79.9. The molecule has 20 heavy (non-hydrogen) atoms. The molecule has 1 aromatic carbocycles. The van der Waals surface area contributed by atoms with Gasteiger partial charge in [0.2, 0.25) is 0 Å². The molecule has 3 rings (SSSR count). The third-order valence-electron chi connectivity index (χ3n) is 5.44. The third kappa shape index (κ3) is 3.28. The molecule has 0 radical (unpaired) electrons. The first kappa shape index (κ1) is 14.6. The molecule has 1 aromatic rings. The zero-order valence-electron chi connectivity index (χ0n) is 12.6. The van der Waals surface area contributed by atoms with Crippen molar-refractivity contribution < 1.29 is 0 Å². The molecule has 0 spiro atoms. The summed E-state index contributed by atoms with van der Waals surface area (Å²) in [5.41, 5.74) is 1.42. The molecule has 1 N–H and O–H groups in total. The quantitative estimate of drug-likeness (QED) is 0.815. The van der Waals surface area contributed by atoms with Gasteiger partial charge in [0.1, 0.15) is 0 Å². The predicted octanol–water partition coefficient (Wildman–Crippen LogP) is 4.79. The summed E-state index contributed by atoms with van der Waals surface area (Å²) in [6.07, 6.45) is 7.10. The minimum absolute atomic E-state index is 0.560. The molecule has 2 heteroatoms. The van der Waals surface area contributed by atoms with Crippen molar-refractivity contribution in [2.24, 2.45) is 17.8 Å². The smallest absolute Gasteiger partial charge is 0.0175 e. The van der Waals surface area contributed by atoms with Gasteiger partial charge in [-0.15, -0.1) is 0 Å². The van der Waals surface area contributed by atoms with Crippen LogP contribution in [0, 0.1) is 17.8 Å². The summed E-state index contributed by atoms with van der Waals surface area (Å²) < 4.78 is 1.16. The maximum absolute atomic E-state index is 3.86. The predicted molar refractivity (Wildman–Crippen MR) is 88.8 cm³/mol. The summed E-state index contributed by atoms with van der Waals surface area (Å²) in [4.78, 5) is 0. The molecule has 5 atom stereocenters. The fourth-order valence-corrected chi connectivity index (χ4v) is 4.78. The van der Waals surface area contributed by atoms with Crippen molar-refractivity contribution in [3.63, 3.8) is 0 Å². The zero-order chi connectivity index (χ0) is 14.1. The van der Waals surface area contributed by atoms with Crippen molar-refractivity contribution in [2.75, 3.05) is 0 Å². The van der Waals surface area contributed by atoms with Gasteiger partial charge in [-0.05, 0) is 75.0 Å². The molecule has 2 saturated carbocycles. The topological polar surface area (TPSA) is 12.0 Å². The maximum Gasteiger partial charge on any atom is 0.0175 e. The normalized spacial score (nSPS) is 31.4. The van der Waals surface area contributed by atoms with Gasteiger partial charge in [-0.2, -0.15) is 0 Å². The lowest BCUT2D eigenvalue weighted by Gasteiger charge is -2.31. The second-order valence-corrected chi connectivity index (χ2v) is 7.94. The fourth-order valence-electron chi connectivity index (χ4n) is 4.51. The highest BCUT2D eigenvalue weighted by molar-refractivity contribution is 9.10. The molecule has 110 valence electrons. The highest BCUT2D eigenvalue weighted by Crippen LogP contribution is 2.49. The van der Waals surface area contributed by atoms with E-state index in [4.69, 9.17) is 0 Å². The lowest BCUT2D eigenvalue weighted by atomic mass is 9.83. The second-order valence-electron chi connectivity index (χ2n) is 7.03. The summed E-state index contributed by atoms with van der Waals surface area (Å²) in [5, 5.41) is 3.86. The molecule has 0 heterocycles. The molecule has 1 nitrogen and oxygen atoms in total. The Labute approximate surface area is 131 Å². The van der Waals surface area contributed by atoms with E-state index >= 15 is 0 Å². The van der Waals surface area contributed by atoms with Crippen molar-refractivity contribution in [3.05, 3.63) is 34.3 Å². The Morgan fingerprint density at radius 3 is 2.50 bits per heavy atom. The Bertz CT molecular complexity index is 441. The van der Waals surface area contributed by atoms with Crippen molar-refractivity contribution in [3.8, 4) is 0 Å². The third-order valence-corrected chi connectivity index (χ3v) is 5.97. The van der Waals surface area contributed by atoms with Crippen LogP contribution < -0.4 is 5.32 Å². The molecule has 2 bridgehead atoms. The Morgan fingerprint density at radius 1 is 1.15 bits per heavy atom. The van der Waals surface area contributed by atoms with Crippen LogP contribution in [0.2, 0.25) is 0 Å². The molecular formula is C18H26BrN. The molecule has 0 saturated heterocycles. The van der Waals surface area contributed by atoms with Crippen molar-refractivity contribution in [2.45, 2.75) is 58.0 Å². The van der Waals surface area contributed by atoms with Crippen LogP contribution in [0.1, 0.15) is 45.1 Å². The average molecular weight is 336 g/mol. The number of hydrogen-bond acceptors (Lipinski definition) is 1. The first-order valence-corrected chi connectivity index (χ1v) is 8.91. The summed E-state index contributed by atoms with van der Waals surface area (Å²) in [7, 11) is 0. The lowest BCUT2D eigenvalue weighted by molar-refractivity contribution is 0.247. The van der Waals surface area contributed by atoms with E-state index in [1.54, 1.807) is 0 Å². The van der Waals surface area contributed by atoms with Gasteiger partial charge in [-0.3, -0.25) is 0 Å². The zero-order valence-corrected chi connectivity index (χ0v) is 14.2. The van der Waals surface area contributed by atoms with Gasteiger partial charge in [0.05, 0.1) is 0 Å². The molecule has 5 unspecified atom stereocenters. The van der Waals surface area contributed by atoms with Crippen molar-refractivity contribution in [1.29, 1.82) is 0 Å². The minimum atomic E-state index is 0.560. The van der Waals surface area contributed by atoms with Crippen LogP contribution in [0.15, 0.2) is 28.7 Å². The summed E-state index contributed by atoms with van der Waals surface area (Å²) >= 11 is 3.50. The fraction of sp³-hybridized carbons (Fsp3) is 0.667. The number of benzene rings is 1. The van der Waals surface area contributed by atoms with E-state index in [-0.39, 0.29) is 0 Å². The van der Waals surface area contributed by atoms with Crippen LogP contribution in [-0.2, 0) is 6.42 Å². The van der Waals surface area contributed by atoms with Crippen LogP contribution in [0.25, 0.3) is 0 Å². The van der Waals surface area contributed by atoms with E-state index < -0.39 is 0 Å². The van der Waals surface area contributed by atoms with Crippen LogP contribution in [-0.4, -0.2) is 12.1 Å². The van der Waals surface area contributed by atoms with Gasteiger partial charge in [0.25, 0.3) is 0 Å². The molecule has 0 aromatic heterocycles. The lowest BCUT2D eigenvalue weighted by Crippen LogP contribution is -2.42. The van der Waals surface area contributed by atoms with E-state index in [1.165, 1.54) is 31.2 Å². The molecular weight excluding hydrogens is 310 g/mol. The van der Waals surface area contributed by atoms with Crippen molar-refractivity contribution >= 4 is 15.9 Å². The number of halogens is 1. The first-order valence-electron chi connectivity index (χ1n) is 8.12. The van der Waals surface area contributed by atoms with Gasteiger partial charge in [-0.1, -0.05) is 34.5 Å². The van der Waals surface area contributed by atoms with E-state index in [0.717, 1.165) is 28.6 Å². The number of fused-ring (bicyclic) bond motifs is 2. The monoisotopic (exact) mass is 335 g/mol. The van der Waals surface area contributed by atoms with E-state index in [1.807, 2.05) is 0 Å². The largest absolute Gasteiger partial charge is 0.311 e. The highest BCUT2D eigenvalue weighted by Gasteiger charge is 2.41. The Morgan fingerprint density at radius 2 is 1.90 bits per heavy atom. The van der Waals surface area contributed by atoms with Gasteiger partial charge in [0, 0.05) is 16.6 Å². The summed E-state index contributed by atoms with van der Waals surface area (Å²) in [6.45, 7) is 4.73. The van der Waals surface area contributed by atoms with E-state index in [2.05, 4.69) is 59.4 Å². The van der Waals surface area contributed by atoms with Gasteiger partial charge in [-0.25, -0.2) is 0 Å². The molecule has 0 aliphatic heterocycles. The Balaban J connectivity index is 1.51. The van der Waals surface area contributed by atoms with E-state index in [0.29, 0.717) is 12.1 Å². The van der Waals surface area contributed by atoms with Crippen LogP contribution in [0.4, 0.5) is 0 Å². The number of hydrogen-bond donors (Lipinski definition) is 1. The maximum atomic E-state index is 3.86. The van der Waals surface area contributed by atoms with Gasteiger partial charge >= 0.3 is 0 Å².